The van der Waals surface area contributed by atoms with Gasteiger partial charge in [-0.05, 0) is 31.4 Å². The van der Waals surface area contributed by atoms with Crippen LogP contribution in [-0.2, 0) is 9.53 Å². The van der Waals surface area contributed by atoms with E-state index in [9.17, 15) is 9.59 Å². The first-order valence-electron chi connectivity index (χ1n) is 6.96. The fourth-order valence-electron chi connectivity index (χ4n) is 2.93. The SMILES string of the molecule is O=C(O)/C=C/c1cccnc1C(=O)NC1CC2CCC1O2. The number of carbonyl (C=O) groups is 2. The number of nitrogens with zero attached hydrogens (tertiary/aromatic N) is 1. The van der Waals surface area contributed by atoms with Gasteiger partial charge in [-0.1, -0.05) is 6.07 Å². The number of carbonyl (C=O) groups excluding carboxylic acids is 1. The van der Waals surface area contributed by atoms with Crippen LogP contribution in [0.25, 0.3) is 6.08 Å². The van der Waals surface area contributed by atoms with Crippen molar-refractivity contribution in [2.45, 2.75) is 37.5 Å². The van der Waals surface area contributed by atoms with Crippen molar-refractivity contribution >= 4 is 18.0 Å². The Kier molecular flexibility index (Phi) is 3.70. The van der Waals surface area contributed by atoms with Crippen molar-refractivity contribution < 1.29 is 19.4 Å². The van der Waals surface area contributed by atoms with Crippen LogP contribution in [0, 0.1) is 0 Å². The molecule has 0 aromatic carbocycles. The van der Waals surface area contributed by atoms with Gasteiger partial charge in [0.2, 0.25) is 0 Å². The van der Waals surface area contributed by atoms with Crippen molar-refractivity contribution in [3.63, 3.8) is 0 Å². The van der Waals surface area contributed by atoms with Gasteiger partial charge in [-0.2, -0.15) is 0 Å². The maximum absolute atomic E-state index is 12.3. The van der Waals surface area contributed by atoms with E-state index in [0.29, 0.717) is 5.56 Å². The molecule has 3 atom stereocenters. The molecule has 2 bridgehead atoms. The minimum absolute atomic E-state index is 0.0227. The van der Waals surface area contributed by atoms with Gasteiger partial charge < -0.3 is 15.2 Å². The van der Waals surface area contributed by atoms with E-state index < -0.39 is 5.97 Å². The van der Waals surface area contributed by atoms with E-state index in [-0.39, 0.29) is 29.9 Å². The van der Waals surface area contributed by atoms with E-state index in [1.165, 1.54) is 12.3 Å². The molecular formula is C15H16N2O4. The van der Waals surface area contributed by atoms with Crippen LogP contribution >= 0.6 is 0 Å². The molecule has 1 amide bonds. The van der Waals surface area contributed by atoms with Crippen LogP contribution < -0.4 is 5.32 Å². The number of ether oxygens (including phenoxy) is 1. The number of amides is 1. The summed E-state index contributed by atoms with van der Waals surface area (Å²) in [5, 5.41) is 11.6. The molecule has 2 aliphatic rings. The van der Waals surface area contributed by atoms with Gasteiger partial charge in [0.25, 0.3) is 5.91 Å². The van der Waals surface area contributed by atoms with Crippen molar-refractivity contribution in [3.05, 3.63) is 35.7 Å². The first-order valence-corrected chi connectivity index (χ1v) is 6.96. The third-order valence-corrected chi connectivity index (χ3v) is 3.88. The summed E-state index contributed by atoms with van der Waals surface area (Å²) in [7, 11) is 0. The number of hydrogen-bond donors (Lipinski definition) is 2. The van der Waals surface area contributed by atoms with Crippen molar-refractivity contribution in [3.8, 4) is 0 Å². The Balaban J connectivity index is 1.74. The van der Waals surface area contributed by atoms with Crippen molar-refractivity contribution in [1.82, 2.24) is 10.3 Å². The number of hydrogen-bond acceptors (Lipinski definition) is 4. The maximum atomic E-state index is 12.3. The normalized spacial score (nSPS) is 27.1. The molecule has 2 saturated heterocycles. The molecule has 0 radical (unpaired) electrons. The molecule has 3 heterocycles. The number of carboxylic acids is 1. The molecule has 0 aliphatic carbocycles. The number of rotatable bonds is 4. The lowest BCUT2D eigenvalue weighted by molar-refractivity contribution is -0.131. The van der Waals surface area contributed by atoms with Crippen LogP contribution in [0.3, 0.4) is 0 Å². The summed E-state index contributed by atoms with van der Waals surface area (Å²) in [6.07, 6.45) is 7.12. The van der Waals surface area contributed by atoms with E-state index in [1.54, 1.807) is 12.1 Å². The number of carboxylic acid groups (broad SMARTS) is 1. The minimum atomic E-state index is -1.06. The Hall–Kier alpha value is -2.21. The standard InChI is InChI=1S/C15H16N2O4/c18-13(19)6-3-9-2-1-7-16-14(9)15(20)17-11-8-10-4-5-12(11)21-10/h1-3,6-7,10-12H,4-5,8H2,(H,17,20)(H,18,19)/b6-3+. The Morgan fingerprint density at radius 1 is 1.43 bits per heavy atom. The van der Waals surface area contributed by atoms with Gasteiger partial charge >= 0.3 is 5.97 Å². The Morgan fingerprint density at radius 2 is 2.29 bits per heavy atom. The quantitative estimate of drug-likeness (QED) is 0.813. The molecule has 3 unspecified atom stereocenters. The van der Waals surface area contributed by atoms with Gasteiger partial charge in [0.15, 0.2) is 0 Å². The van der Waals surface area contributed by atoms with Crippen molar-refractivity contribution in [2.24, 2.45) is 0 Å². The monoisotopic (exact) mass is 288 g/mol. The smallest absolute Gasteiger partial charge is 0.328 e. The van der Waals surface area contributed by atoms with Crippen LogP contribution in [0.2, 0.25) is 0 Å². The van der Waals surface area contributed by atoms with E-state index >= 15 is 0 Å². The van der Waals surface area contributed by atoms with Crippen LogP contribution in [0.5, 0.6) is 0 Å². The van der Waals surface area contributed by atoms with Crippen LogP contribution in [0.1, 0.15) is 35.3 Å². The Labute approximate surface area is 121 Å². The molecule has 6 nitrogen and oxygen atoms in total. The molecule has 110 valence electrons. The molecule has 1 aromatic heterocycles. The fraction of sp³-hybridized carbons (Fsp3) is 0.400. The van der Waals surface area contributed by atoms with Gasteiger partial charge in [0.1, 0.15) is 5.69 Å². The lowest BCUT2D eigenvalue weighted by Crippen LogP contribution is -2.41. The van der Waals surface area contributed by atoms with Crippen LogP contribution in [0.4, 0.5) is 0 Å². The van der Waals surface area contributed by atoms with Crippen molar-refractivity contribution in [1.29, 1.82) is 0 Å². The molecule has 21 heavy (non-hydrogen) atoms. The van der Waals surface area contributed by atoms with Crippen molar-refractivity contribution in [2.75, 3.05) is 0 Å². The molecule has 2 fully saturated rings. The second-order valence-electron chi connectivity index (χ2n) is 5.30. The molecule has 6 heteroatoms. The summed E-state index contributed by atoms with van der Waals surface area (Å²) in [5.74, 6) is -1.35. The fourth-order valence-corrected chi connectivity index (χ4v) is 2.93. The zero-order valence-electron chi connectivity index (χ0n) is 11.4. The van der Waals surface area contributed by atoms with Crippen LogP contribution in [-0.4, -0.2) is 40.2 Å². The van der Waals surface area contributed by atoms with Crippen LogP contribution in [0.15, 0.2) is 24.4 Å². The predicted octanol–water partition coefficient (Wildman–Crippen LogP) is 1.23. The van der Waals surface area contributed by atoms with Gasteiger partial charge in [-0.15, -0.1) is 0 Å². The third kappa shape index (κ3) is 2.95. The Bertz CT molecular complexity index is 599. The average Bonchev–Trinajstić information content (AvgIpc) is 3.08. The number of aliphatic carboxylic acids is 1. The highest BCUT2D eigenvalue weighted by Gasteiger charge is 2.41. The van der Waals surface area contributed by atoms with Gasteiger partial charge in [-0.25, -0.2) is 4.79 Å². The van der Waals surface area contributed by atoms with Gasteiger partial charge in [0.05, 0.1) is 18.2 Å². The molecule has 2 N–H and O–H groups in total. The topological polar surface area (TPSA) is 88.5 Å². The molecule has 2 aliphatic heterocycles. The first kappa shape index (κ1) is 13.8. The minimum Gasteiger partial charge on any atom is -0.478 e. The lowest BCUT2D eigenvalue weighted by atomic mass is 9.95. The van der Waals surface area contributed by atoms with E-state index in [4.69, 9.17) is 9.84 Å². The second-order valence-corrected chi connectivity index (χ2v) is 5.30. The lowest BCUT2D eigenvalue weighted by Gasteiger charge is -2.20. The zero-order chi connectivity index (χ0) is 14.8. The highest BCUT2D eigenvalue weighted by molar-refractivity contribution is 5.97. The maximum Gasteiger partial charge on any atom is 0.328 e. The molecular weight excluding hydrogens is 272 g/mol. The summed E-state index contributed by atoms with van der Waals surface area (Å²) in [5.41, 5.74) is 0.722. The first-order chi connectivity index (χ1) is 10.1. The van der Waals surface area contributed by atoms with Gasteiger partial charge in [-0.3, -0.25) is 9.78 Å². The number of pyridine rings is 1. The summed E-state index contributed by atoms with van der Waals surface area (Å²) < 4.78 is 5.70. The molecule has 0 saturated carbocycles. The molecule has 0 spiro atoms. The Morgan fingerprint density at radius 3 is 2.95 bits per heavy atom. The largest absolute Gasteiger partial charge is 0.478 e. The third-order valence-electron chi connectivity index (χ3n) is 3.88. The number of nitrogens with one attached hydrogen (secondary N) is 1. The summed E-state index contributed by atoms with van der Waals surface area (Å²) in [6.45, 7) is 0. The highest BCUT2D eigenvalue weighted by atomic mass is 16.5. The molecule has 1 aromatic rings. The second kappa shape index (κ2) is 5.65. The number of aromatic nitrogens is 1. The van der Waals surface area contributed by atoms with E-state index in [1.807, 2.05) is 0 Å². The molecule has 3 rings (SSSR count). The predicted molar refractivity (Wildman–Crippen MR) is 74.7 cm³/mol. The van der Waals surface area contributed by atoms with Gasteiger partial charge in [0, 0.05) is 17.8 Å². The van der Waals surface area contributed by atoms with E-state index in [2.05, 4.69) is 10.3 Å². The highest BCUT2D eigenvalue weighted by Crippen LogP contribution is 2.34. The summed E-state index contributed by atoms with van der Waals surface area (Å²) in [4.78, 5) is 27.0. The van der Waals surface area contributed by atoms with E-state index in [0.717, 1.165) is 25.3 Å². The number of fused-ring (bicyclic) bond motifs is 2. The summed E-state index contributed by atoms with van der Waals surface area (Å²) >= 11 is 0. The summed E-state index contributed by atoms with van der Waals surface area (Å²) in [6, 6.07) is 3.35. The zero-order valence-corrected chi connectivity index (χ0v) is 11.4. The average molecular weight is 288 g/mol.